The van der Waals surface area contributed by atoms with Crippen molar-refractivity contribution in [2.75, 3.05) is 6.61 Å². The summed E-state index contributed by atoms with van der Waals surface area (Å²) in [5, 5.41) is 4.45. The van der Waals surface area contributed by atoms with Gasteiger partial charge in [-0.1, -0.05) is 0 Å². The molecule has 0 atom stereocenters. The van der Waals surface area contributed by atoms with Crippen molar-refractivity contribution in [3.05, 3.63) is 21.9 Å². The number of aryl methyl sites for hydroxylation is 1. The Morgan fingerprint density at radius 1 is 1.53 bits per heavy atom. The van der Waals surface area contributed by atoms with Crippen LogP contribution in [-0.4, -0.2) is 18.5 Å². The average Bonchev–Trinajstić information content (AvgIpc) is 2.61. The third kappa shape index (κ3) is 3.36. The molecule has 1 rings (SSSR count). The molecule has 15 heavy (non-hydrogen) atoms. The van der Waals surface area contributed by atoms with E-state index in [1.54, 1.807) is 18.3 Å². The fourth-order valence-electron chi connectivity index (χ4n) is 1.01. The van der Waals surface area contributed by atoms with E-state index in [1.807, 2.05) is 18.4 Å². The van der Waals surface area contributed by atoms with Gasteiger partial charge in [0, 0.05) is 4.88 Å². The van der Waals surface area contributed by atoms with Gasteiger partial charge in [-0.2, -0.15) is 0 Å². The molecule has 1 aromatic heterocycles. The lowest BCUT2D eigenvalue weighted by atomic mass is 10.3. The third-order valence-corrected chi connectivity index (χ3v) is 2.86. The van der Waals surface area contributed by atoms with E-state index in [0.29, 0.717) is 6.54 Å². The van der Waals surface area contributed by atoms with Crippen LogP contribution >= 0.6 is 11.3 Å². The van der Waals surface area contributed by atoms with Gasteiger partial charge in [0.15, 0.2) is 0 Å². The smallest absolute Gasteiger partial charge is 0.396 e. The van der Waals surface area contributed by atoms with E-state index in [2.05, 4.69) is 10.1 Å². The Morgan fingerprint density at radius 3 is 2.80 bits per heavy atom. The van der Waals surface area contributed by atoms with E-state index in [-0.39, 0.29) is 6.61 Å². The van der Waals surface area contributed by atoms with Crippen LogP contribution in [0.4, 0.5) is 0 Å². The number of hydrogen-bond acceptors (Lipinski definition) is 4. The summed E-state index contributed by atoms with van der Waals surface area (Å²) in [6.07, 6.45) is 0. The zero-order valence-electron chi connectivity index (χ0n) is 8.70. The quantitative estimate of drug-likeness (QED) is 0.624. The molecule has 0 fully saturated rings. The lowest BCUT2D eigenvalue weighted by Crippen LogP contribution is -2.31. The van der Waals surface area contributed by atoms with Crippen molar-refractivity contribution >= 4 is 23.2 Å². The van der Waals surface area contributed by atoms with E-state index in [4.69, 9.17) is 0 Å². The topological polar surface area (TPSA) is 55.4 Å². The van der Waals surface area contributed by atoms with E-state index in [1.165, 1.54) is 0 Å². The Labute approximate surface area is 92.2 Å². The van der Waals surface area contributed by atoms with Gasteiger partial charge in [-0.3, -0.25) is 4.79 Å². The van der Waals surface area contributed by atoms with Crippen molar-refractivity contribution in [3.8, 4) is 0 Å². The largest absolute Gasteiger partial charge is 0.459 e. The van der Waals surface area contributed by atoms with Crippen LogP contribution in [0.25, 0.3) is 0 Å². The number of ether oxygens (including phenoxy) is 1. The van der Waals surface area contributed by atoms with Crippen LogP contribution in [-0.2, 0) is 20.9 Å². The van der Waals surface area contributed by atoms with Gasteiger partial charge in [-0.15, -0.1) is 11.3 Å². The lowest BCUT2D eigenvalue weighted by molar-refractivity contribution is -0.154. The molecule has 1 N–H and O–H groups in total. The van der Waals surface area contributed by atoms with Crippen LogP contribution in [0.15, 0.2) is 11.4 Å². The standard InChI is InChI=1S/C10H13NO3S/c1-3-14-10(13)9(12)11-6-8-7(2)4-5-15-8/h4-5H,3,6H2,1-2H3,(H,11,12). The molecule has 0 saturated carbocycles. The molecule has 0 unspecified atom stereocenters. The first kappa shape index (κ1) is 11.7. The number of carbonyl (C=O) groups excluding carboxylic acids is 2. The van der Waals surface area contributed by atoms with Gasteiger partial charge >= 0.3 is 11.9 Å². The molecular weight excluding hydrogens is 214 g/mol. The summed E-state index contributed by atoms with van der Waals surface area (Å²) in [4.78, 5) is 23.2. The predicted molar refractivity (Wildman–Crippen MR) is 57.5 cm³/mol. The Kier molecular flexibility index (Phi) is 4.30. The highest BCUT2D eigenvalue weighted by Gasteiger charge is 2.14. The molecule has 1 amide bonds. The normalized spacial score (nSPS) is 9.73. The zero-order valence-corrected chi connectivity index (χ0v) is 9.52. The van der Waals surface area contributed by atoms with Crippen molar-refractivity contribution in [2.45, 2.75) is 20.4 Å². The molecular formula is C10H13NO3S. The first-order chi connectivity index (χ1) is 7.15. The summed E-state index contributed by atoms with van der Waals surface area (Å²) in [5.41, 5.74) is 1.11. The van der Waals surface area contributed by atoms with Crippen LogP contribution in [0.3, 0.4) is 0 Å². The SMILES string of the molecule is CCOC(=O)C(=O)NCc1sccc1C. The summed E-state index contributed by atoms with van der Waals surface area (Å²) >= 11 is 1.55. The summed E-state index contributed by atoms with van der Waals surface area (Å²) in [7, 11) is 0. The molecule has 1 heterocycles. The Hall–Kier alpha value is -1.36. The van der Waals surface area contributed by atoms with E-state index in [9.17, 15) is 9.59 Å². The number of amides is 1. The summed E-state index contributed by atoms with van der Waals surface area (Å²) < 4.78 is 4.56. The highest BCUT2D eigenvalue weighted by atomic mass is 32.1. The fourth-order valence-corrected chi connectivity index (χ4v) is 1.86. The Bertz CT molecular complexity index is 359. The van der Waals surface area contributed by atoms with Gasteiger partial charge in [0.1, 0.15) is 0 Å². The molecule has 0 bridgehead atoms. The van der Waals surface area contributed by atoms with Crippen molar-refractivity contribution in [1.82, 2.24) is 5.32 Å². The van der Waals surface area contributed by atoms with E-state index >= 15 is 0 Å². The lowest BCUT2D eigenvalue weighted by Gasteiger charge is -2.03. The first-order valence-electron chi connectivity index (χ1n) is 4.63. The average molecular weight is 227 g/mol. The number of esters is 1. The molecule has 0 aliphatic rings. The minimum atomic E-state index is -0.827. The number of carbonyl (C=O) groups is 2. The van der Waals surface area contributed by atoms with Crippen LogP contribution in [0, 0.1) is 6.92 Å². The second kappa shape index (κ2) is 5.50. The number of rotatable bonds is 3. The summed E-state index contributed by atoms with van der Waals surface area (Å²) in [6.45, 7) is 4.21. The molecule has 0 saturated heterocycles. The van der Waals surface area contributed by atoms with Gasteiger partial charge < -0.3 is 10.1 Å². The number of nitrogens with one attached hydrogen (secondary N) is 1. The van der Waals surface area contributed by atoms with Crippen molar-refractivity contribution in [2.24, 2.45) is 0 Å². The monoisotopic (exact) mass is 227 g/mol. The van der Waals surface area contributed by atoms with Crippen molar-refractivity contribution in [3.63, 3.8) is 0 Å². The van der Waals surface area contributed by atoms with Crippen LogP contribution in [0.5, 0.6) is 0 Å². The van der Waals surface area contributed by atoms with Crippen LogP contribution in [0.1, 0.15) is 17.4 Å². The van der Waals surface area contributed by atoms with Gasteiger partial charge in [-0.05, 0) is 30.9 Å². The predicted octanol–water partition coefficient (Wildman–Crippen LogP) is 1.24. The number of hydrogen-bond donors (Lipinski definition) is 1. The summed E-state index contributed by atoms with van der Waals surface area (Å²) in [6, 6.07) is 1.97. The third-order valence-electron chi connectivity index (χ3n) is 1.84. The maximum atomic E-state index is 11.2. The van der Waals surface area contributed by atoms with Crippen molar-refractivity contribution < 1.29 is 14.3 Å². The molecule has 1 aromatic rings. The Morgan fingerprint density at radius 2 is 2.27 bits per heavy atom. The molecule has 0 aromatic carbocycles. The number of thiophene rings is 1. The molecule has 5 heteroatoms. The molecule has 0 aliphatic carbocycles. The minimum absolute atomic E-state index is 0.213. The van der Waals surface area contributed by atoms with E-state index in [0.717, 1.165) is 10.4 Å². The summed E-state index contributed by atoms with van der Waals surface area (Å²) in [5.74, 6) is -1.52. The van der Waals surface area contributed by atoms with Crippen LogP contribution < -0.4 is 5.32 Å². The van der Waals surface area contributed by atoms with Gasteiger partial charge in [0.05, 0.1) is 13.2 Å². The van der Waals surface area contributed by atoms with Crippen molar-refractivity contribution in [1.29, 1.82) is 0 Å². The molecule has 0 spiro atoms. The molecule has 82 valence electrons. The zero-order chi connectivity index (χ0) is 11.3. The molecule has 0 radical (unpaired) electrons. The molecule has 0 aliphatic heterocycles. The first-order valence-corrected chi connectivity index (χ1v) is 5.51. The highest BCUT2D eigenvalue weighted by Crippen LogP contribution is 2.14. The van der Waals surface area contributed by atoms with Crippen LogP contribution in [0.2, 0.25) is 0 Å². The second-order valence-corrected chi connectivity index (χ2v) is 3.93. The minimum Gasteiger partial charge on any atom is -0.459 e. The van der Waals surface area contributed by atoms with Gasteiger partial charge in [-0.25, -0.2) is 4.79 Å². The van der Waals surface area contributed by atoms with Gasteiger partial charge in [0.25, 0.3) is 0 Å². The fraction of sp³-hybridized carbons (Fsp3) is 0.400. The highest BCUT2D eigenvalue weighted by molar-refractivity contribution is 7.10. The maximum absolute atomic E-state index is 11.2. The Balaban J connectivity index is 2.41. The van der Waals surface area contributed by atoms with Gasteiger partial charge in [0.2, 0.25) is 0 Å². The molecule has 4 nitrogen and oxygen atoms in total. The van der Waals surface area contributed by atoms with E-state index < -0.39 is 11.9 Å². The maximum Gasteiger partial charge on any atom is 0.396 e. The second-order valence-electron chi connectivity index (χ2n) is 2.93.